The number of alkyl halides is 3. The van der Waals surface area contributed by atoms with Gasteiger partial charge < -0.3 is 15.0 Å². The number of rotatable bonds is 7. The van der Waals surface area contributed by atoms with Gasteiger partial charge >= 0.3 is 6.18 Å². The van der Waals surface area contributed by atoms with E-state index < -0.39 is 18.6 Å². The Morgan fingerprint density at radius 3 is 2.39 bits per heavy atom. The Morgan fingerprint density at radius 1 is 1.12 bits per heavy atom. The molecule has 1 heterocycles. The summed E-state index contributed by atoms with van der Waals surface area (Å²) in [6.07, 6.45) is -1.49. The number of morpholine rings is 1. The molecule has 3 rings (SSSR count). The molecule has 0 bridgehead atoms. The second-order valence-electron chi connectivity index (χ2n) is 7.10. The first-order valence-electron chi connectivity index (χ1n) is 10.1. The van der Waals surface area contributed by atoms with Crippen LogP contribution in [0.3, 0.4) is 0 Å². The largest absolute Gasteiger partial charge is 0.405 e. The van der Waals surface area contributed by atoms with Crippen molar-refractivity contribution in [1.29, 1.82) is 0 Å². The zero-order valence-corrected chi connectivity index (χ0v) is 17.6. The van der Waals surface area contributed by atoms with E-state index in [-0.39, 0.29) is 11.4 Å². The van der Waals surface area contributed by atoms with E-state index in [0.717, 1.165) is 0 Å². The van der Waals surface area contributed by atoms with Crippen molar-refractivity contribution < 1.29 is 27.1 Å². The molecule has 1 aliphatic rings. The summed E-state index contributed by atoms with van der Waals surface area (Å²) in [6, 6.07) is 10.6. The van der Waals surface area contributed by atoms with E-state index in [9.17, 15) is 22.4 Å². The predicted octanol–water partition coefficient (Wildman–Crippen LogP) is 4.40. The highest BCUT2D eigenvalue weighted by molar-refractivity contribution is 5.95. The lowest BCUT2D eigenvalue weighted by atomic mass is 10.1. The Morgan fingerprint density at radius 2 is 1.79 bits per heavy atom. The van der Waals surface area contributed by atoms with Crippen molar-refractivity contribution >= 4 is 35.9 Å². The third kappa shape index (κ3) is 6.98. The highest BCUT2D eigenvalue weighted by Crippen LogP contribution is 2.25. The fourth-order valence-electron chi connectivity index (χ4n) is 3.15. The fourth-order valence-corrected chi connectivity index (χ4v) is 3.15. The molecule has 0 radical (unpaired) electrons. The molecule has 1 N–H and O–H groups in total. The second-order valence-corrected chi connectivity index (χ2v) is 7.10. The first kappa shape index (κ1) is 24.1. The van der Waals surface area contributed by atoms with Crippen molar-refractivity contribution in [2.45, 2.75) is 6.18 Å². The molecule has 1 aliphatic heterocycles. The number of nitrogens with zero attached hydrogens (tertiary/aromatic N) is 3. The molecule has 10 heteroatoms. The molecule has 1 fully saturated rings. The quantitative estimate of drug-likeness (QED) is 0.490. The number of carbonyl (C=O) groups excluding carboxylic acids is 1. The number of ether oxygens (including phenoxy) is 1. The van der Waals surface area contributed by atoms with Gasteiger partial charge in [0.15, 0.2) is 0 Å². The normalized spacial score (nSPS) is 15.0. The summed E-state index contributed by atoms with van der Waals surface area (Å²) in [5.74, 6) is -1.21. The van der Waals surface area contributed by atoms with Gasteiger partial charge in [0, 0.05) is 36.5 Å². The maximum absolute atomic E-state index is 14.5. The summed E-state index contributed by atoms with van der Waals surface area (Å²) in [5, 5.41) is 1.81. The lowest BCUT2D eigenvalue weighted by molar-refractivity contribution is -0.123. The van der Waals surface area contributed by atoms with Crippen LogP contribution in [-0.4, -0.2) is 57.9 Å². The fraction of sp³-hybridized carbons (Fsp3) is 0.261. The molecule has 2 aromatic rings. The van der Waals surface area contributed by atoms with Gasteiger partial charge in [0.25, 0.3) is 5.91 Å². The number of carbonyl (C=O) groups is 1. The molecule has 174 valence electrons. The van der Waals surface area contributed by atoms with Crippen molar-refractivity contribution in [1.82, 2.24) is 5.32 Å². The SMILES string of the molecule is C=N/C(=C\C=Nc1ccc(N2CCOCC2)c(F)c1)c1ccc(C(=O)NCC(F)(F)F)cc1. The summed E-state index contributed by atoms with van der Waals surface area (Å²) in [4.78, 5) is 21.8. The number of halogens is 4. The molecule has 0 aromatic heterocycles. The Kier molecular flexibility index (Phi) is 7.94. The van der Waals surface area contributed by atoms with Crippen LogP contribution in [0.25, 0.3) is 5.70 Å². The van der Waals surface area contributed by atoms with Gasteiger partial charge in [-0.2, -0.15) is 13.2 Å². The molecule has 1 amide bonds. The number of hydrogen-bond acceptors (Lipinski definition) is 5. The molecule has 6 nitrogen and oxygen atoms in total. The van der Waals surface area contributed by atoms with Crippen molar-refractivity contribution in [3.8, 4) is 0 Å². The Balaban J connectivity index is 1.66. The number of hydrogen-bond donors (Lipinski definition) is 1. The average molecular weight is 462 g/mol. The topological polar surface area (TPSA) is 66.3 Å². The lowest BCUT2D eigenvalue weighted by Crippen LogP contribution is -2.36. The summed E-state index contributed by atoms with van der Waals surface area (Å²) in [7, 11) is 0. The molecule has 0 atom stereocenters. The zero-order chi connectivity index (χ0) is 23.8. The lowest BCUT2D eigenvalue weighted by Gasteiger charge is -2.29. The van der Waals surface area contributed by atoms with Crippen LogP contribution in [-0.2, 0) is 4.74 Å². The van der Waals surface area contributed by atoms with Gasteiger partial charge in [0.05, 0.1) is 30.3 Å². The van der Waals surface area contributed by atoms with E-state index in [1.807, 2.05) is 10.2 Å². The van der Waals surface area contributed by atoms with Gasteiger partial charge in [-0.3, -0.25) is 14.8 Å². The number of benzene rings is 2. The minimum absolute atomic E-state index is 0.0795. The number of anilines is 1. The number of aliphatic imine (C=N–C) groups is 2. The third-order valence-electron chi connectivity index (χ3n) is 4.80. The first-order valence-corrected chi connectivity index (χ1v) is 10.1. The maximum atomic E-state index is 14.5. The van der Waals surface area contributed by atoms with Crippen LogP contribution in [0.5, 0.6) is 0 Å². The number of nitrogens with one attached hydrogen (secondary N) is 1. The zero-order valence-electron chi connectivity index (χ0n) is 17.6. The molecule has 2 aromatic carbocycles. The summed E-state index contributed by atoms with van der Waals surface area (Å²) in [5.41, 5.74) is 2.00. The van der Waals surface area contributed by atoms with Crippen LogP contribution in [0.4, 0.5) is 28.9 Å². The van der Waals surface area contributed by atoms with E-state index in [0.29, 0.717) is 48.9 Å². The predicted molar refractivity (Wildman–Crippen MR) is 120 cm³/mol. The van der Waals surface area contributed by atoms with Crippen LogP contribution in [0.2, 0.25) is 0 Å². The second kappa shape index (κ2) is 10.9. The number of amides is 1. The van der Waals surface area contributed by atoms with E-state index >= 15 is 0 Å². The minimum Gasteiger partial charge on any atom is -0.378 e. The smallest absolute Gasteiger partial charge is 0.378 e. The van der Waals surface area contributed by atoms with Crippen molar-refractivity contribution in [2.24, 2.45) is 9.98 Å². The molecular formula is C23H22F4N4O2. The Hall–Kier alpha value is -3.53. The van der Waals surface area contributed by atoms with Crippen molar-refractivity contribution in [3.05, 3.63) is 65.5 Å². The maximum Gasteiger partial charge on any atom is 0.405 e. The molecule has 0 aliphatic carbocycles. The van der Waals surface area contributed by atoms with Crippen molar-refractivity contribution in [3.63, 3.8) is 0 Å². The van der Waals surface area contributed by atoms with Crippen LogP contribution in [0, 0.1) is 5.82 Å². The van der Waals surface area contributed by atoms with Gasteiger partial charge in [-0.05, 0) is 37.1 Å². The standard InChI is InChI=1S/C23H22F4N4O2/c1-28-20(16-2-4-17(5-3-16)22(32)30-15-23(25,26)27)8-9-29-18-6-7-21(19(24)14-18)31-10-12-33-13-11-31/h2-9,14H,1,10-13,15H2,(H,30,32)/b20-8-,29-9?. The highest BCUT2D eigenvalue weighted by Gasteiger charge is 2.27. The molecule has 0 spiro atoms. The first-order chi connectivity index (χ1) is 15.8. The van der Waals surface area contributed by atoms with Gasteiger partial charge in [-0.25, -0.2) is 4.39 Å². The highest BCUT2D eigenvalue weighted by atomic mass is 19.4. The van der Waals surface area contributed by atoms with E-state index in [1.54, 1.807) is 18.2 Å². The summed E-state index contributed by atoms with van der Waals surface area (Å²) >= 11 is 0. The van der Waals surface area contributed by atoms with Crippen molar-refractivity contribution in [2.75, 3.05) is 37.7 Å². The molecule has 0 saturated carbocycles. The Labute approximate surface area is 188 Å². The van der Waals surface area contributed by atoms with E-state index in [4.69, 9.17) is 4.74 Å². The molecule has 0 unspecified atom stereocenters. The van der Waals surface area contributed by atoms with E-state index in [1.165, 1.54) is 36.5 Å². The molecule has 1 saturated heterocycles. The van der Waals surface area contributed by atoms with E-state index in [2.05, 4.69) is 16.7 Å². The summed E-state index contributed by atoms with van der Waals surface area (Å²) < 4.78 is 56.5. The van der Waals surface area contributed by atoms with Gasteiger partial charge in [0.1, 0.15) is 12.4 Å². The minimum atomic E-state index is -4.48. The van der Waals surface area contributed by atoms with Crippen LogP contribution in [0.15, 0.2) is 58.5 Å². The van der Waals surface area contributed by atoms with Crippen LogP contribution >= 0.6 is 0 Å². The van der Waals surface area contributed by atoms with Gasteiger partial charge in [-0.15, -0.1) is 0 Å². The third-order valence-corrected chi connectivity index (χ3v) is 4.80. The number of allylic oxidation sites excluding steroid dienone is 1. The molecular weight excluding hydrogens is 440 g/mol. The van der Waals surface area contributed by atoms with Gasteiger partial charge in [0.2, 0.25) is 0 Å². The molecule has 33 heavy (non-hydrogen) atoms. The average Bonchev–Trinajstić information content (AvgIpc) is 2.81. The van der Waals surface area contributed by atoms with Crippen LogP contribution in [0.1, 0.15) is 15.9 Å². The summed E-state index contributed by atoms with van der Waals surface area (Å²) in [6.45, 7) is 4.45. The monoisotopic (exact) mass is 462 g/mol. The van der Waals surface area contributed by atoms with Gasteiger partial charge in [-0.1, -0.05) is 12.1 Å². The Bertz CT molecular complexity index is 1040. The van der Waals surface area contributed by atoms with Crippen LogP contribution < -0.4 is 10.2 Å².